The Kier molecular flexibility index (Phi) is 11.0. The molecule has 0 aliphatic carbocycles. The lowest BCUT2D eigenvalue weighted by Gasteiger charge is -2.11. The van der Waals surface area contributed by atoms with Crippen LogP contribution in [0.4, 0.5) is 0 Å². The quantitative estimate of drug-likeness (QED) is 0.159. The molecule has 0 bridgehead atoms. The highest BCUT2D eigenvalue weighted by molar-refractivity contribution is 6.12. The fourth-order valence-electron chi connectivity index (χ4n) is 12.3. The molecule has 0 atom stereocenters. The number of hydrogen-bond donors (Lipinski definition) is 0. The van der Waals surface area contributed by atoms with Gasteiger partial charge < -0.3 is 18.3 Å². The van der Waals surface area contributed by atoms with E-state index in [9.17, 15) is 0 Å². The molecule has 0 amide bonds. The van der Waals surface area contributed by atoms with Crippen molar-refractivity contribution in [2.24, 2.45) is 0 Å². The predicted octanol–water partition coefficient (Wildman–Crippen LogP) is 18.3. The Labute approximate surface area is 471 Å². The van der Waals surface area contributed by atoms with E-state index in [-0.39, 0.29) is 0 Å². The van der Waals surface area contributed by atoms with Crippen LogP contribution in [0.2, 0.25) is 0 Å². The maximum atomic E-state index is 4.86. The average molecular weight is 1050 g/mol. The Hall–Kier alpha value is -11.2. The molecule has 82 heavy (non-hydrogen) atoms. The molecule has 384 valence electrons. The minimum Gasteiger partial charge on any atom is -0.309 e. The van der Waals surface area contributed by atoms with E-state index in [0.29, 0.717) is 5.82 Å². The highest BCUT2D eigenvalue weighted by Gasteiger charge is 2.19. The minimum atomic E-state index is 0.688. The third-order valence-corrected chi connectivity index (χ3v) is 16.1. The number of benzene rings is 10. The molecule has 17 rings (SSSR count). The van der Waals surface area contributed by atoms with E-state index in [4.69, 9.17) is 19.9 Å². The van der Waals surface area contributed by atoms with Crippen molar-refractivity contribution in [3.05, 3.63) is 292 Å². The Bertz CT molecular complexity index is 5140. The first-order valence-electron chi connectivity index (χ1n) is 27.6. The maximum Gasteiger partial charge on any atom is 0.159 e. The van der Waals surface area contributed by atoms with Crippen LogP contribution in [0.3, 0.4) is 0 Å². The van der Waals surface area contributed by atoms with E-state index < -0.39 is 0 Å². The normalized spacial score (nSPS) is 11.7. The second-order valence-electron chi connectivity index (χ2n) is 20.7. The summed E-state index contributed by atoms with van der Waals surface area (Å²) in [6.07, 6.45) is 7.78. The van der Waals surface area contributed by atoms with Gasteiger partial charge in [-0.2, -0.15) is 0 Å². The predicted molar refractivity (Wildman–Crippen MR) is 338 cm³/mol. The van der Waals surface area contributed by atoms with Crippen molar-refractivity contribution in [2.45, 2.75) is 0 Å². The number of pyridine rings is 2. The third kappa shape index (κ3) is 7.68. The molecular weight excluding hydrogens is 1000 g/mol. The van der Waals surface area contributed by atoms with Gasteiger partial charge in [0.25, 0.3) is 0 Å². The number of aromatic nitrogens is 8. The molecule has 17 aromatic rings. The molecule has 0 fully saturated rings. The van der Waals surface area contributed by atoms with Crippen LogP contribution in [0.1, 0.15) is 0 Å². The van der Waals surface area contributed by atoms with Crippen LogP contribution >= 0.6 is 0 Å². The van der Waals surface area contributed by atoms with Gasteiger partial charge in [0.2, 0.25) is 0 Å². The van der Waals surface area contributed by atoms with E-state index in [1.807, 2.05) is 49.1 Å². The van der Waals surface area contributed by atoms with Gasteiger partial charge in [0, 0.05) is 76.8 Å². The Morgan fingerprint density at radius 1 is 0.195 bits per heavy atom. The minimum absolute atomic E-state index is 0.688. The highest BCUT2D eigenvalue weighted by Crippen LogP contribution is 2.38. The van der Waals surface area contributed by atoms with E-state index >= 15 is 0 Å². The van der Waals surface area contributed by atoms with Gasteiger partial charge >= 0.3 is 0 Å². The monoisotopic (exact) mass is 1050 g/mol. The SMILES string of the molecule is c1ccc(-c2cc3c4ccccc4n(-c4ccc(-n5c6ccccc6c6ccccc65)cc4)c3cn2)cc1.c1ccc(-c2cc3c4ccccc4n(-c4cnc(-c5ccc(-n6c7ccccc7c7ccccc76)cc5)nc4)c3cn2)cc1. The van der Waals surface area contributed by atoms with Crippen LogP contribution in [-0.2, 0) is 0 Å². The Morgan fingerprint density at radius 2 is 0.476 bits per heavy atom. The molecule has 0 aliphatic rings. The third-order valence-electron chi connectivity index (χ3n) is 16.1. The fraction of sp³-hybridized carbons (Fsp3) is 0. The summed E-state index contributed by atoms with van der Waals surface area (Å²) in [6.45, 7) is 0. The average Bonchev–Trinajstić information content (AvgIpc) is 4.27. The second kappa shape index (κ2) is 19.3. The Balaban J connectivity index is 0.000000136. The summed E-state index contributed by atoms with van der Waals surface area (Å²) in [5, 5.41) is 9.82. The number of hydrogen-bond acceptors (Lipinski definition) is 4. The van der Waals surface area contributed by atoms with Crippen molar-refractivity contribution in [1.29, 1.82) is 0 Å². The molecule has 0 spiro atoms. The summed E-state index contributed by atoms with van der Waals surface area (Å²) in [5.41, 5.74) is 18.7. The van der Waals surface area contributed by atoms with Gasteiger partial charge in [-0.3, -0.25) is 9.97 Å². The fourth-order valence-corrected chi connectivity index (χ4v) is 12.3. The van der Waals surface area contributed by atoms with Crippen LogP contribution < -0.4 is 0 Å². The van der Waals surface area contributed by atoms with Crippen molar-refractivity contribution in [1.82, 2.24) is 38.2 Å². The molecule has 8 nitrogen and oxygen atoms in total. The first kappa shape index (κ1) is 46.8. The van der Waals surface area contributed by atoms with Crippen LogP contribution in [-0.4, -0.2) is 38.2 Å². The van der Waals surface area contributed by atoms with Crippen molar-refractivity contribution in [3.63, 3.8) is 0 Å². The van der Waals surface area contributed by atoms with Gasteiger partial charge in [-0.25, -0.2) is 9.97 Å². The number of nitrogens with zero attached hydrogens (tertiary/aromatic N) is 8. The standard InChI is InChI=1S/C39H25N5.C35H23N3/c1-2-10-26(11-3-1)34-22-33-32-14-6-9-17-37(32)44(38(33)25-40-34)29-23-41-39(42-24-29)27-18-20-28(21-19-27)43-35-15-7-4-12-30(35)31-13-5-8-16-36(31)43;1-2-10-24(11-3-1)31-22-30-29-14-6-9-17-34(29)38(35(30)23-36-31)26-20-18-25(19-21-26)37-32-15-7-4-12-27(32)28-13-5-8-16-33(28)37/h1-25H;1-23H. The van der Waals surface area contributed by atoms with Crippen molar-refractivity contribution in [3.8, 4) is 56.7 Å². The molecule has 0 radical (unpaired) electrons. The number of rotatable bonds is 7. The summed E-state index contributed by atoms with van der Waals surface area (Å²) >= 11 is 0. The smallest absolute Gasteiger partial charge is 0.159 e. The van der Waals surface area contributed by atoms with Crippen molar-refractivity contribution >= 4 is 87.2 Å². The summed E-state index contributed by atoms with van der Waals surface area (Å²) < 4.78 is 9.19. The van der Waals surface area contributed by atoms with E-state index in [1.54, 1.807) is 0 Å². The number of para-hydroxylation sites is 6. The van der Waals surface area contributed by atoms with Gasteiger partial charge in [0.15, 0.2) is 5.82 Å². The first-order chi connectivity index (χ1) is 40.7. The lowest BCUT2D eigenvalue weighted by Crippen LogP contribution is -1.98. The first-order valence-corrected chi connectivity index (χ1v) is 27.6. The van der Waals surface area contributed by atoms with Crippen LogP contribution in [0.5, 0.6) is 0 Å². The van der Waals surface area contributed by atoms with Gasteiger partial charge in [-0.15, -0.1) is 0 Å². The lowest BCUT2D eigenvalue weighted by molar-refractivity contribution is 1.08. The van der Waals surface area contributed by atoms with Crippen LogP contribution in [0.15, 0.2) is 292 Å². The van der Waals surface area contributed by atoms with Gasteiger partial charge in [0.1, 0.15) is 0 Å². The van der Waals surface area contributed by atoms with E-state index in [0.717, 1.165) is 72.8 Å². The van der Waals surface area contributed by atoms with Crippen molar-refractivity contribution < 1.29 is 0 Å². The molecule has 0 aliphatic heterocycles. The van der Waals surface area contributed by atoms with Gasteiger partial charge in [-0.05, 0) is 97.1 Å². The zero-order chi connectivity index (χ0) is 54.1. The summed E-state index contributed by atoms with van der Waals surface area (Å²) in [6, 6.07) is 93.9. The summed E-state index contributed by atoms with van der Waals surface area (Å²) in [7, 11) is 0. The largest absolute Gasteiger partial charge is 0.309 e. The zero-order valence-corrected chi connectivity index (χ0v) is 44.3. The van der Waals surface area contributed by atoms with Crippen LogP contribution in [0.25, 0.3) is 144 Å². The van der Waals surface area contributed by atoms with E-state index in [2.05, 4.69) is 261 Å². The zero-order valence-electron chi connectivity index (χ0n) is 44.3. The second-order valence-corrected chi connectivity index (χ2v) is 20.7. The molecular formula is C74H48N8. The summed E-state index contributed by atoms with van der Waals surface area (Å²) in [4.78, 5) is 19.3. The summed E-state index contributed by atoms with van der Waals surface area (Å²) in [5.74, 6) is 0.688. The molecule has 0 saturated carbocycles. The molecule has 7 aromatic heterocycles. The molecule has 0 N–H and O–H groups in total. The molecule has 0 unspecified atom stereocenters. The molecule has 0 saturated heterocycles. The van der Waals surface area contributed by atoms with E-state index in [1.165, 1.54) is 65.3 Å². The van der Waals surface area contributed by atoms with Gasteiger partial charge in [-0.1, -0.05) is 170 Å². The van der Waals surface area contributed by atoms with Crippen LogP contribution in [0, 0.1) is 0 Å². The lowest BCUT2D eigenvalue weighted by atomic mass is 10.1. The number of fused-ring (bicyclic) bond motifs is 12. The Morgan fingerprint density at radius 3 is 0.829 bits per heavy atom. The maximum absolute atomic E-state index is 4.86. The topological polar surface area (TPSA) is 71.3 Å². The molecule has 10 aromatic carbocycles. The van der Waals surface area contributed by atoms with Gasteiger partial charge in [0.05, 0.1) is 86.0 Å². The van der Waals surface area contributed by atoms with Crippen molar-refractivity contribution in [2.75, 3.05) is 0 Å². The highest BCUT2D eigenvalue weighted by atomic mass is 15.0. The molecule has 7 heterocycles. The molecule has 8 heteroatoms.